The summed E-state index contributed by atoms with van der Waals surface area (Å²) >= 11 is 12.6. The van der Waals surface area contributed by atoms with Crippen molar-refractivity contribution in [2.75, 3.05) is 4.31 Å². The number of hydrogen-bond donors (Lipinski definition) is 0. The lowest BCUT2D eigenvalue weighted by molar-refractivity contribution is 0.590. The molecule has 27 heavy (non-hydrogen) atoms. The van der Waals surface area contributed by atoms with Crippen molar-refractivity contribution in [3.8, 4) is 0 Å². The van der Waals surface area contributed by atoms with Gasteiger partial charge < -0.3 is 0 Å². The zero-order valence-corrected chi connectivity index (χ0v) is 17.3. The van der Waals surface area contributed by atoms with Gasteiger partial charge in [0, 0.05) is 15.6 Å². The van der Waals surface area contributed by atoms with Gasteiger partial charge in [-0.2, -0.15) is 0 Å². The number of hydrogen-bond acceptors (Lipinski definition) is 2. The van der Waals surface area contributed by atoms with E-state index in [2.05, 4.69) is 0 Å². The van der Waals surface area contributed by atoms with Gasteiger partial charge in [-0.1, -0.05) is 59.6 Å². The molecule has 0 aromatic heterocycles. The largest absolute Gasteiger partial charge is 0.264 e. The first-order chi connectivity index (χ1) is 12.8. The van der Waals surface area contributed by atoms with Crippen molar-refractivity contribution >= 4 is 38.9 Å². The van der Waals surface area contributed by atoms with Gasteiger partial charge in [-0.25, -0.2) is 8.42 Å². The van der Waals surface area contributed by atoms with Crippen LogP contribution in [0.4, 0.5) is 5.69 Å². The predicted octanol–water partition coefficient (Wildman–Crippen LogP) is 6.01. The van der Waals surface area contributed by atoms with Crippen molar-refractivity contribution in [3.05, 3.63) is 93.5 Å². The molecule has 3 aromatic carbocycles. The number of sulfonamides is 1. The van der Waals surface area contributed by atoms with Crippen LogP contribution in [-0.2, 0) is 16.6 Å². The molecule has 140 valence electrons. The third-order valence-corrected chi connectivity index (χ3v) is 7.02. The molecule has 0 aliphatic carbocycles. The van der Waals surface area contributed by atoms with E-state index in [1.807, 2.05) is 26.0 Å². The van der Waals surface area contributed by atoms with E-state index >= 15 is 0 Å². The molecule has 0 aliphatic rings. The molecule has 0 saturated heterocycles. The Bertz CT molecular complexity index is 1050. The fourth-order valence-electron chi connectivity index (χ4n) is 2.85. The second-order valence-corrected chi connectivity index (χ2v) is 8.92. The molecule has 3 rings (SSSR count). The molecule has 0 bridgehead atoms. The quantitative estimate of drug-likeness (QED) is 0.507. The molecular weight excluding hydrogens is 401 g/mol. The number of aryl methyl sites for hydroxylation is 1. The van der Waals surface area contributed by atoms with Crippen LogP contribution in [0.3, 0.4) is 0 Å². The van der Waals surface area contributed by atoms with Crippen molar-refractivity contribution in [1.82, 2.24) is 0 Å². The van der Waals surface area contributed by atoms with Crippen molar-refractivity contribution in [2.24, 2.45) is 0 Å². The first-order valence-corrected chi connectivity index (χ1v) is 10.6. The molecule has 3 nitrogen and oxygen atoms in total. The number of nitrogens with zero attached hydrogens (tertiary/aromatic N) is 1. The van der Waals surface area contributed by atoms with Gasteiger partial charge >= 0.3 is 0 Å². The maximum atomic E-state index is 13.5. The molecule has 0 heterocycles. The minimum Gasteiger partial charge on any atom is -0.262 e. The highest BCUT2D eigenvalue weighted by molar-refractivity contribution is 7.92. The van der Waals surface area contributed by atoms with Crippen molar-refractivity contribution in [3.63, 3.8) is 0 Å². The second kappa shape index (κ2) is 7.93. The number of halogens is 2. The number of anilines is 1. The maximum Gasteiger partial charge on any atom is 0.264 e. The second-order valence-electron chi connectivity index (χ2n) is 6.24. The van der Waals surface area contributed by atoms with Crippen molar-refractivity contribution < 1.29 is 8.42 Å². The Morgan fingerprint density at radius 3 is 2.04 bits per heavy atom. The zero-order valence-electron chi connectivity index (χ0n) is 15.0. The first kappa shape index (κ1) is 19.7. The van der Waals surface area contributed by atoms with Gasteiger partial charge in [-0.3, -0.25) is 4.31 Å². The van der Waals surface area contributed by atoms with Crippen LogP contribution in [0.1, 0.15) is 16.7 Å². The number of benzene rings is 3. The zero-order chi connectivity index (χ0) is 19.6. The molecule has 0 unspecified atom stereocenters. The lowest BCUT2D eigenvalue weighted by Gasteiger charge is -2.27. The fraction of sp³-hybridized carbons (Fsp3) is 0.143. The van der Waals surface area contributed by atoms with Gasteiger partial charge in [0.2, 0.25) is 0 Å². The van der Waals surface area contributed by atoms with Gasteiger partial charge in [-0.15, -0.1) is 0 Å². The summed E-state index contributed by atoms with van der Waals surface area (Å²) in [5, 5.41) is 0.863. The summed E-state index contributed by atoms with van der Waals surface area (Å²) in [6, 6.07) is 19.1. The summed E-state index contributed by atoms with van der Waals surface area (Å²) in [5.74, 6) is 0. The molecule has 0 fully saturated rings. The molecule has 0 spiro atoms. The van der Waals surface area contributed by atoms with E-state index in [1.54, 1.807) is 54.6 Å². The first-order valence-electron chi connectivity index (χ1n) is 8.39. The molecule has 0 atom stereocenters. The molecule has 3 aromatic rings. The molecular formula is C21H19Cl2NO2S. The monoisotopic (exact) mass is 419 g/mol. The van der Waals surface area contributed by atoms with E-state index in [0.717, 1.165) is 11.1 Å². The molecule has 6 heteroatoms. The van der Waals surface area contributed by atoms with E-state index in [-0.39, 0.29) is 11.4 Å². The lowest BCUT2D eigenvalue weighted by atomic mass is 10.1. The van der Waals surface area contributed by atoms with E-state index < -0.39 is 10.0 Å². The Labute approximate surface area is 170 Å². The van der Waals surface area contributed by atoms with E-state index in [4.69, 9.17) is 23.2 Å². The van der Waals surface area contributed by atoms with Crippen LogP contribution in [-0.4, -0.2) is 8.42 Å². The molecule has 0 aliphatic heterocycles. The molecule has 0 amide bonds. The average Bonchev–Trinajstić information content (AvgIpc) is 2.65. The topological polar surface area (TPSA) is 37.4 Å². The summed E-state index contributed by atoms with van der Waals surface area (Å²) in [6.07, 6.45) is 0. The Morgan fingerprint density at radius 2 is 1.41 bits per heavy atom. The fourth-order valence-corrected chi connectivity index (χ4v) is 4.88. The molecule has 0 radical (unpaired) electrons. The molecule has 0 saturated carbocycles. The van der Waals surface area contributed by atoms with E-state index in [0.29, 0.717) is 21.3 Å². The summed E-state index contributed by atoms with van der Waals surface area (Å²) in [4.78, 5) is 0.217. The highest BCUT2D eigenvalue weighted by Crippen LogP contribution is 2.33. The highest BCUT2D eigenvalue weighted by atomic mass is 35.5. The van der Waals surface area contributed by atoms with Gasteiger partial charge in [0.05, 0.1) is 17.1 Å². The molecule has 0 N–H and O–H groups in total. The van der Waals surface area contributed by atoms with E-state index in [1.165, 1.54) is 4.31 Å². The number of rotatable bonds is 5. The summed E-state index contributed by atoms with van der Waals surface area (Å²) in [6.45, 7) is 3.90. The Kier molecular flexibility index (Phi) is 5.80. The SMILES string of the molecule is Cc1cccc(N(Cc2c(Cl)cccc2Cl)S(=O)(=O)c2ccccc2)c1C. The van der Waals surface area contributed by atoms with Gasteiger partial charge in [0.15, 0.2) is 0 Å². The summed E-state index contributed by atoms with van der Waals surface area (Å²) < 4.78 is 28.3. The minimum atomic E-state index is -3.81. The van der Waals surface area contributed by atoms with E-state index in [9.17, 15) is 8.42 Å². The Balaban J connectivity index is 2.20. The lowest BCUT2D eigenvalue weighted by Crippen LogP contribution is -2.31. The third-order valence-electron chi connectivity index (χ3n) is 4.54. The van der Waals surface area contributed by atoms with Crippen molar-refractivity contribution in [2.45, 2.75) is 25.3 Å². The normalized spacial score (nSPS) is 11.4. The smallest absolute Gasteiger partial charge is 0.262 e. The van der Waals surface area contributed by atoms with Crippen LogP contribution >= 0.6 is 23.2 Å². The van der Waals surface area contributed by atoms with Crippen LogP contribution < -0.4 is 4.31 Å². The van der Waals surface area contributed by atoms with Crippen LogP contribution in [0.5, 0.6) is 0 Å². The third kappa shape index (κ3) is 3.98. The van der Waals surface area contributed by atoms with Gasteiger partial charge in [-0.05, 0) is 55.3 Å². The Morgan fingerprint density at radius 1 is 0.815 bits per heavy atom. The van der Waals surface area contributed by atoms with Gasteiger partial charge in [0.25, 0.3) is 10.0 Å². The average molecular weight is 420 g/mol. The summed E-state index contributed by atoms with van der Waals surface area (Å²) in [5.41, 5.74) is 3.07. The summed E-state index contributed by atoms with van der Waals surface area (Å²) in [7, 11) is -3.81. The van der Waals surface area contributed by atoms with Gasteiger partial charge in [0.1, 0.15) is 0 Å². The van der Waals surface area contributed by atoms with Crippen molar-refractivity contribution in [1.29, 1.82) is 0 Å². The Hall–Kier alpha value is -2.01. The van der Waals surface area contributed by atoms with Crippen LogP contribution in [0.2, 0.25) is 10.0 Å². The predicted molar refractivity (Wildman–Crippen MR) is 112 cm³/mol. The maximum absolute atomic E-state index is 13.5. The highest BCUT2D eigenvalue weighted by Gasteiger charge is 2.27. The van der Waals surface area contributed by atoms with Crippen LogP contribution in [0.15, 0.2) is 71.6 Å². The standard InChI is InChI=1S/C21H19Cl2NO2S/c1-15-8-6-13-21(16(15)2)24(14-18-19(22)11-7-12-20(18)23)27(25,26)17-9-4-3-5-10-17/h3-13H,14H2,1-2H3. The van der Waals surface area contributed by atoms with Crippen LogP contribution in [0, 0.1) is 13.8 Å². The minimum absolute atomic E-state index is 0.0417. The van der Waals surface area contributed by atoms with Crippen LogP contribution in [0.25, 0.3) is 0 Å².